The zero-order valence-electron chi connectivity index (χ0n) is 65.9. The van der Waals surface area contributed by atoms with Crippen molar-refractivity contribution in [1.82, 2.24) is 37.4 Å². The lowest BCUT2D eigenvalue weighted by molar-refractivity contribution is 0.0156. The second-order valence-electron chi connectivity index (χ2n) is 41.0. The van der Waals surface area contributed by atoms with Gasteiger partial charge in [0.15, 0.2) is 0 Å². The van der Waals surface area contributed by atoms with Crippen LogP contribution in [-0.4, -0.2) is 126 Å². The second kappa shape index (κ2) is 24.9. The van der Waals surface area contributed by atoms with E-state index in [9.17, 15) is 0 Å². The standard InChI is InChI=1S/C72H144N14P6/c1-57(2)41-33-42-58(3,4)79(57)87(73-89(81-61(9,10)45-35-46-62(81,11)12)82-63(13,14)47-36-48-64(82,15)16)75-91(85-69(25,26)53-39-54-70(85,27)28)77-92(78-91,86-71(29,30)55-40-56-72(86,31)32)76-88(80-59(5,6)43-34-44-60(80,7)8)74-90(83-65(17,18)49-37-50-66(83,19)20)84-67(21,22)51-38-52-68(84,23)24/h33-56H2,1-32H3. The predicted octanol–water partition coefficient (Wildman–Crippen LogP) is 26.4. The maximum Gasteiger partial charge on any atom is 0.231 e. The van der Waals surface area contributed by atoms with Crippen molar-refractivity contribution in [2.24, 2.45) is 18.1 Å². The van der Waals surface area contributed by atoms with Gasteiger partial charge in [-0.25, -0.2) is 27.7 Å². The summed E-state index contributed by atoms with van der Waals surface area (Å²) in [6, 6.07) is 0. The van der Waals surface area contributed by atoms with E-state index < -0.39 is 47.8 Å². The minimum Gasteiger partial charge on any atom is -0.328 e. The maximum atomic E-state index is 7.06. The van der Waals surface area contributed by atoms with E-state index in [4.69, 9.17) is 27.8 Å². The summed E-state index contributed by atoms with van der Waals surface area (Å²) < 4.78 is 51.6. The van der Waals surface area contributed by atoms with Crippen LogP contribution in [0.5, 0.6) is 0 Å². The van der Waals surface area contributed by atoms with Crippen molar-refractivity contribution < 1.29 is 0 Å². The molecule has 0 aromatic carbocycles. The van der Waals surface area contributed by atoms with Crippen molar-refractivity contribution >= 4 is 47.8 Å². The second-order valence-corrected chi connectivity index (χ2v) is 52.8. The Bertz CT molecular complexity index is 2500. The Morgan fingerprint density at radius 2 is 0.402 bits per heavy atom. The molecule has 0 N–H and O–H groups in total. The molecular formula is C72H144N14P6. The summed E-state index contributed by atoms with van der Waals surface area (Å²) in [5.74, 6) is 0. The first-order chi connectivity index (χ1) is 41.4. The lowest BCUT2D eigenvalue weighted by Crippen LogP contribution is -2.62. The summed E-state index contributed by atoms with van der Waals surface area (Å²) in [6.45, 7) is 81.6. The van der Waals surface area contributed by atoms with Crippen LogP contribution in [0.15, 0.2) is 18.1 Å². The first-order valence-electron chi connectivity index (χ1n) is 37.2. The van der Waals surface area contributed by atoms with Crippen molar-refractivity contribution in [2.45, 2.75) is 464 Å². The smallest absolute Gasteiger partial charge is 0.231 e. The van der Waals surface area contributed by atoms with Crippen LogP contribution in [0.2, 0.25) is 0 Å². The quantitative estimate of drug-likeness (QED) is 0.158. The van der Waals surface area contributed by atoms with Crippen LogP contribution in [0.4, 0.5) is 0 Å². The molecular weight excluding hydrogens is 1250 g/mol. The first-order valence-corrected chi connectivity index (χ1v) is 45.2. The van der Waals surface area contributed by atoms with Crippen LogP contribution in [0.25, 0.3) is 9.72 Å². The summed E-state index contributed by atoms with van der Waals surface area (Å²) in [5, 5.41) is 0. The summed E-state index contributed by atoms with van der Waals surface area (Å²) in [6.07, 6.45) is 27.6. The minimum atomic E-state index is -3.30. The molecule has 532 valence electrons. The van der Waals surface area contributed by atoms with Crippen LogP contribution in [0, 0.1) is 0 Å². The van der Waals surface area contributed by atoms with Crippen LogP contribution < -0.4 is 0 Å². The molecule has 8 saturated heterocycles. The van der Waals surface area contributed by atoms with E-state index in [0.29, 0.717) is 0 Å². The highest BCUT2D eigenvalue weighted by Gasteiger charge is 2.63. The van der Waals surface area contributed by atoms with Gasteiger partial charge < -0.3 is 9.72 Å². The molecule has 0 bridgehead atoms. The van der Waals surface area contributed by atoms with Gasteiger partial charge in [-0.15, -0.1) is 9.34 Å². The highest BCUT2D eigenvalue weighted by Crippen LogP contribution is 2.94. The third-order valence-corrected chi connectivity index (χ3v) is 46.1. The largest absolute Gasteiger partial charge is 0.328 e. The van der Waals surface area contributed by atoms with Crippen LogP contribution in [-0.2, 0) is 0 Å². The van der Waals surface area contributed by atoms with Crippen molar-refractivity contribution in [2.75, 3.05) is 0 Å². The number of piperidine rings is 8. The molecule has 9 rings (SSSR count). The number of hydrogen-bond acceptors (Lipinski definition) is 10. The van der Waals surface area contributed by atoms with Gasteiger partial charge in [-0.05, 0) is 385 Å². The van der Waals surface area contributed by atoms with E-state index in [1.54, 1.807) is 0 Å². The zero-order valence-corrected chi connectivity index (χ0v) is 71.3. The summed E-state index contributed by atoms with van der Waals surface area (Å²) in [7, 11) is -12.5. The Kier molecular flexibility index (Phi) is 21.0. The van der Waals surface area contributed by atoms with Gasteiger partial charge in [0.2, 0.25) is 32.8 Å². The molecule has 0 spiro atoms. The van der Waals surface area contributed by atoms with Gasteiger partial charge in [-0.2, -0.15) is 0 Å². The van der Waals surface area contributed by atoms with Gasteiger partial charge >= 0.3 is 0 Å². The van der Waals surface area contributed by atoms with E-state index in [0.717, 1.165) is 103 Å². The third-order valence-electron chi connectivity index (χ3n) is 24.6. The molecule has 0 radical (unpaired) electrons. The fourth-order valence-corrected chi connectivity index (χ4v) is 45.2. The summed E-state index contributed by atoms with van der Waals surface area (Å²) in [5.41, 5.74) is -2.39. The molecule has 4 atom stereocenters. The molecule has 9 aliphatic heterocycles. The third kappa shape index (κ3) is 14.3. The number of hydrogen-bond donors (Lipinski definition) is 0. The lowest BCUT2D eigenvalue weighted by Gasteiger charge is -2.67. The van der Waals surface area contributed by atoms with Crippen LogP contribution in [0.1, 0.15) is 376 Å². The van der Waals surface area contributed by atoms with E-state index in [2.05, 4.69) is 259 Å². The number of rotatable bonds is 14. The van der Waals surface area contributed by atoms with Crippen LogP contribution in [0.3, 0.4) is 0 Å². The van der Waals surface area contributed by atoms with Gasteiger partial charge in [0.05, 0.1) is 37.2 Å². The summed E-state index contributed by atoms with van der Waals surface area (Å²) in [4.78, 5) is 14.0. The first kappa shape index (κ1) is 77.3. The highest BCUT2D eigenvalue weighted by atomic mass is 31.3. The van der Waals surface area contributed by atoms with Crippen LogP contribution >= 0.6 is 47.8 Å². The van der Waals surface area contributed by atoms with Gasteiger partial charge in [0, 0.05) is 66.5 Å². The lowest BCUT2D eigenvalue weighted by atomic mass is 9.82. The normalized spacial score (nSPS) is 35.2. The fourth-order valence-electron chi connectivity index (χ4n) is 21.8. The van der Waals surface area contributed by atoms with Crippen molar-refractivity contribution in [3.63, 3.8) is 0 Å². The number of nitrogens with zero attached hydrogens (tertiary/aromatic N) is 14. The Morgan fingerprint density at radius 1 is 0.250 bits per heavy atom. The topological polar surface area (TPSA) is 104 Å². The fraction of sp³-hybridized carbons (Fsp3) is 1.00. The Hall–Kier alpha value is 1.12. The molecule has 8 fully saturated rings. The molecule has 9 aliphatic rings. The molecule has 0 saturated carbocycles. The predicted molar refractivity (Wildman–Crippen MR) is 409 cm³/mol. The van der Waals surface area contributed by atoms with Crippen molar-refractivity contribution in [3.05, 3.63) is 9.72 Å². The zero-order chi connectivity index (χ0) is 69.1. The average Bonchev–Trinajstić information content (AvgIpc) is 0.677. The van der Waals surface area contributed by atoms with Gasteiger partial charge in [0.25, 0.3) is 0 Å². The van der Waals surface area contributed by atoms with Gasteiger partial charge in [0.1, 0.15) is 0 Å². The van der Waals surface area contributed by atoms with Gasteiger partial charge in [-0.3, -0.25) is 9.34 Å². The Balaban J connectivity index is 1.44. The molecule has 20 heteroatoms. The van der Waals surface area contributed by atoms with E-state index in [1.807, 2.05) is 0 Å². The molecule has 0 amide bonds. The summed E-state index contributed by atoms with van der Waals surface area (Å²) >= 11 is 0. The molecule has 0 aromatic rings. The molecule has 4 unspecified atom stereocenters. The minimum absolute atomic E-state index is 0.0816. The molecule has 0 aromatic heterocycles. The van der Waals surface area contributed by atoms with Crippen molar-refractivity contribution in [1.29, 1.82) is 0 Å². The Labute approximate surface area is 573 Å². The molecule has 0 aliphatic carbocycles. The molecule has 92 heavy (non-hydrogen) atoms. The van der Waals surface area contributed by atoms with E-state index >= 15 is 0 Å². The van der Waals surface area contributed by atoms with Gasteiger partial charge in [-0.1, -0.05) is 0 Å². The van der Waals surface area contributed by atoms with E-state index in [1.165, 1.54) is 51.4 Å². The molecule has 14 nitrogen and oxygen atoms in total. The molecule has 9 heterocycles. The van der Waals surface area contributed by atoms with E-state index in [-0.39, 0.29) is 88.6 Å². The maximum absolute atomic E-state index is 7.06. The van der Waals surface area contributed by atoms with Crippen molar-refractivity contribution in [3.8, 4) is 0 Å². The SMILES string of the molecule is CC1(C)CCCC(C)(C)N1P(/N=[P+](\[N-]P1(N2C(C)(C)CCCC2(C)C)=NP([N-]/[P+](=N/P(N2C(C)(C)CCCC2(C)C)N2C(C)(C)CCCC2(C)C)N2C(C)(C)CCCC2(C)C)(N2C(C)(C)CCCC2(C)C)=N1)N1C(C)(C)CCCC1(C)C)N1C(C)(C)CCCC1(C)C. The monoisotopic (exact) mass is 1390 g/mol. The Morgan fingerprint density at radius 3 is 0.576 bits per heavy atom. The average molecular weight is 1390 g/mol. The highest BCUT2D eigenvalue weighted by molar-refractivity contribution is 7.95.